The van der Waals surface area contributed by atoms with Crippen molar-refractivity contribution in [3.05, 3.63) is 29.6 Å². The molecule has 0 saturated heterocycles. The first-order valence-electron chi connectivity index (χ1n) is 5.81. The fourth-order valence-corrected chi connectivity index (χ4v) is 1.45. The minimum Gasteiger partial charge on any atom is -0.490 e. The Hall–Kier alpha value is -1.27. The highest BCUT2D eigenvalue weighted by Gasteiger charge is 2.03. The van der Waals surface area contributed by atoms with Gasteiger partial charge in [-0.25, -0.2) is 4.39 Å². The third kappa shape index (κ3) is 5.37. The Kier molecular flexibility index (Phi) is 7.20. The normalized spacial score (nSPS) is 9.72. The second-order valence-electron chi connectivity index (χ2n) is 3.68. The minimum absolute atomic E-state index is 0.177. The quantitative estimate of drug-likeness (QED) is 0.433. The summed E-state index contributed by atoms with van der Waals surface area (Å²) >= 11 is 5.45. The van der Waals surface area contributed by atoms with Gasteiger partial charge in [-0.1, -0.05) is 11.8 Å². The van der Waals surface area contributed by atoms with E-state index in [9.17, 15) is 8.78 Å². The van der Waals surface area contributed by atoms with E-state index < -0.39 is 5.82 Å². The van der Waals surface area contributed by atoms with E-state index in [0.717, 1.165) is 6.42 Å². The molecule has 4 heteroatoms. The number of halogens is 3. The van der Waals surface area contributed by atoms with E-state index >= 15 is 0 Å². The van der Waals surface area contributed by atoms with Gasteiger partial charge in [0.1, 0.15) is 0 Å². The third-order valence-corrected chi connectivity index (χ3v) is 2.40. The summed E-state index contributed by atoms with van der Waals surface area (Å²) in [6.07, 6.45) is 1.97. The standard InChI is InChI=1S/C14H15ClF2O/c15-8-4-5-12-6-7-13(17)14(11-12)18-10-3-1-2-9-16/h6-7,11H,1-3,8-10H2. The van der Waals surface area contributed by atoms with E-state index in [2.05, 4.69) is 11.8 Å². The van der Waals surface area contributed by atoms with Crippen LogP contribution >= 0.6 is 11.6 Å². The lowest BCUT2D eigenvalue weighted by Gasteiger charge is -2.07. The number of alkyl halides is 2. The molecular weight excluding hydrogens is 258 g/mol. The van der Waals surface area contributed by atoms with Crippen LogP contribution < -0.4 is 4.74 Å². The Morgan fingerprint density at radius 3 is 2.78 bits per heavy atom. The maximum absolute atomic E-state index is 13.4. The van der Waals surface area contributed by atoms with Gasteiger partial charge in [0.25, 0.3) is 0 Å². The summed E-state index contributed by atoms with van der Waals surface area (Å²) in [5, 5.41) is 0. The molecule has 0 unspecified atom stereocenters. The molecule has 0 aliphatic heterocycles. The van der Waals surface area contributed by atoms with Gasteiger partial charge in [-0.05, 0) is 37.5 Å². The van der Waals surface area contributed by atoms with Crippen LogP contribution in [0, 0.1) is 17.7 Å². The number of unbranched alkanes of at least 4 members (excludes halogenated alkanes) is 2. The average Bonchev–Trinajstić information content (AvgIpc) is 2.39. The van der Waals surface area contributed by atoms with Crippen molar-refractivity contribution >= 4 is 11.6 Å². The van der Waals surface area contributed by atoms with Gasteiger partial charge in [0.15, 0.2) is 11.6 Å². The van der Waals surface area contributed by atoms with E-state index in [0.29, 0.717) is 25.0 Å². The number of hydrogen-bond acceptors (Lipinski definition) is 1. The molecule has 0 spiro atoms. The van der Waals surface area contributed by atoms with Crippen molar-refractivity contribution in [2.75, 3.05) is 19.2 Å². The van der Waals surface area contributed by atoms with E-state index in [-0.39, 0.29) is 18.3 Å². The number of ether oxygens (including phenoxy) is 1. The zero-order chi connectivity index (χ0) is 13.2. The van der Waals surface area contributed by atoms with E-state index in [1.165, 1.54) is 6.07 Å². The lowest BCUT2D eigenvalue weighted by atomic mass is 10.2. The maximum atomic E-state index is 13.4. The zero-order valence-corrected chi connectivity index (χ0v) is 10.8. The molecule has 1 aromatic carbocycles. The van der Waals surface area contributed by atoms with Crippen LogP contribution in [0.1, 0.15) is 24.8 Å². The topological polar surface area (TPSA) is 9.23 Å². The van der Waals surface area contributed by atoms with Crippen molar-refractivity contribution in [3.8, 4) is 17.6 Å². The van der Waals surface area contributed by atoms with E-state index in [4.69, 9.17) is 16.3 Å². The molecule has 0 N–H and O–H groups in total. The SMILES string of the molecule is FCCCCCOc1cc(C#CCCl)ccc1F. The molecule has 98 valence electrons. The Morgan fingerprint density at radius 1 is 1.22 bits per heavy atom. The summed E-state index contributed by atoms with van der Waals surface area (Å²) in [5.41, 5.74) is 0.663. The average molecular weight is 273 g/mol. The van der Waals surface area contributed by atoms with Gasteiger partial charge >= 0.3 is 0 Å². The summed E-state index contributed by atoms with van der Waals surface area (Å²) in [6, 6.07) is 4.43. The molecule has 1 aromatic rings. The van der Waals surface area contributed by atoms with Crippen molar-refractivity contribution in [1.29, 1.82) is 0 Å². The molecule has 0 amide bonds. The van der Waals surface area contributed by atoms with Gasteiger partial charge < -0.3 is 4.74 Å². The van der Waals surface area contributed by atoms with Gasteiger partial charge in [-0.15, -0.1) is 11.6 Å². The highest BCUT2D eigenvalue weighted by atomic mass is 35.5. The minimum atomic E-state index is -0.420. The Balaban J connectivity index is 2.53. The van der Waals surface area contributed by atoms with Crippen LogP contribution in [0.5, 0.6) is 5.75 Å². The molecule has 18 heavy (non-hydrogen) atoms. The van der Waals surface area contributed by atoms with Crippen LogP contribution in [-0.2, 0) is 0 Å². The first kappa shape index (κ1) is 14.8. The predicted octanol–water partition coefficient (Wildman–Crippen LogP) is 3.93. The van der Waals surface area contributed by atoms with Crippen molar-refractivity contribution in [1.82, 2.24) is 0 Å². The predicted molar refractivity (Wildman–Crippen MR) is 69.3 cm³/mol. The van der Waals surface area contributed by atoms with Crippen LogP contribution in [0.3, 0.4) is 0 Å². The smallest absolute Gasteiger partial charge is 0.165 e. The first-order chi connectivity index (χ1) is 8.77. The number of benzene rings is 1. The van der Waals surface area contributed by atoms with Crippen LogP contribution in [0.2, 0.25) is 0 Å². The van der Waals surface area contributed by atoms with Crippen LogP contribution in [0.25, 0.3) is 0 Å². The molecule has 0 bridgehead atoms. The largest absolute Gasteiger partial charge is 0.490 e. The van der Waals surface area contributed by atoms with Crippen LogP contribution in [0.15, 0.2) is 18.2 Å². The van der Waals surface area contributed by atoms with Gasteiger partial charge in [0, 0.05) is 5.56 Å². The molecule has 0 saturated carbocycles. The van der Waals surface area contributed by atoms with E-state index in [1.54, 1.807) is 12.1 Å². The molecule has 0 fully saturated rings. The molecule has 0 aliphatic carbocycles. The maximum Gasteiger partial charge on any atom is 0.165 e. The highest BCUT2D eigenvalue weighted by molar-refractivity contribution is 6.19. The lowest BCUT2D eigenvalue weighted by molar-refractivity contribution is 0.287. The zero-order valence-electron chi connectivity index (χ0n) is 10.0. The molecule has 1 nitrogen and oxygen atoms in total. The summed E-state index contributed by atoms with van der Waals surface area (Å²) in [4.78, 5) is 0. The molecule has 0 heterocycles. The molecule has 0 atom stereocenters. The third-order valence-electron chi connectivity index (χ3n) is 2.27. The lowest BCUT2D eigenvalue weighted by Crippen LogP contribution is -1.99. The van der Waals surface area contributed by atoms with Gasteiger partial charge in [-0.3, -0.25) is 4.39 Å². The highest BCUT2D eigenvalue weighted by Crippen LogP contribution is 2.18. The Morgan fingerprint density at radius 2 is 2.06 bits per heavy atom. The van der Waals surface area contributed by atoms with E-state index in [1.807, 2.05) is 0 Å². The fourth-order valence-electron chi connectivity index (χ4n) is 1.38. The second kappa shape index (κ2) is 8.77. The fraction of sp³-hybridized carbons (Fsp3) is 0.429. The monoisotopic (exact) mass is 272 g/mol. The molecule has 0 aromatic heterocycles. The van der Waals surface area contributed by atoms with Crippen molar-refractivity contribution in [3.63, 3.8) is 0 Å². The van der Waals surface area contributed by atoms with Crippen LogP contribution in [-0.4, -0.2) is 19.2 Å². The van der Waals surface area contributed by atoms with Crippen molar-refractivity contribution < 1.29 is 13.5 Å². The second-order valence-corrected chi connectivity index (χ2v) is 3.95. The molecule has 1 rings (SSSR count). The molecular formula is C14H15ClF2O. The summed E-state index contributed by atoms with van der Waals surface area (Å²) < 4.78 is 30.6. The summed E-state index contributed by atoms with van der Waals surface area (Å²) in [6.45, 7) is 0.0567. The van der Waals surface area contributed by atoms with Crippen LogP contribution in [0.4, 0.5) is 8.78 Å². The van der Waals surface area contributed by atoms with Gasteiger partial charge in [0.2, 0.25) is 0 Å². The summed E-state index contributed by atoms with van der Waals surface area (Å²) in [5.74, 6) is 5.48. The number of rotatable bonds is 6. The van der Waals surface area contributed by atoms with Gasteiger partial charge in [-0.2, -0.15) is 0 Å². The van der Waals surface area contributed by atoms with Crippen molar-refractivity contribution in [2.45, 2.75) is 19.3 Å². The Labute approximate surface area is 111 Å². The van der Waals surface area contributed by atoms with Gasteiger partial charge in [0.05, 0.1) is 19.2 Å². The summed E-state index contributed by atoms with van der Waals surface area (Å²) in [7, 11) is 0. The first-order valence-corrected chi connectivity index (χ1v) is 6.34. The Bertz CT molecular complexity index is 424. The van der Waals surface area contributed by atoms with Crippen molar-refractivity contribution in [2.24, 2.45) is 0 Å². The molecule has 0 aliphatic rings. The number of hydrogen-bond donors (Lipinski definition) is 0. The molecule has 0 radical (unpaired) electrons.